The van der Waals surface area contributed by atoms with Crippen molar-refractivity contribution in [2.24, 2.45) is 5.92 Å². The van der Waals surface area contributed by atoms with Crippen molar-refractivity contribution in [2.75, 3.05) is 6.54 Å². The van der Waals surface area contributed by atoms with E-state index in [1.165, 1.54) is 0 Å². The number of aromatic nitrogens is 3. The highest BCUT2D eigenvalue weighted by Crippen LogP contribution is 2.37. The van der Waals surface area contributed by atoms with Gasteiger partial charge in [-0.2, -0.15) is 31.6 Å². The molecule has 1 amide bonds. The van der Waals surface area contributed by atoms with Crippen LogP contribution in [-0.4, -0.2) is 42.4 Å². The standard InChI is InChI=1S/C13H12ClF5N4O2S/c14-12(15,16)2-6-1-9(25)22(3-6)4-7-10(13(17,18)19)23-11(20-7)26-8(5-24)21-23/h6,24H,1-5H2/t6-/m0/s1. The molecular weight excluding hydrogens is 407 g/mol. The molecule has 13 heteroatoms. The minimum Gasteiger partial charge on any atom is -0.389 e. The molecule has 2 aromatic heterocycles. The fourth-order valence-corrected chi connectivity index (χ4v) is 3.93. The van der Waals surface area contributed by atoms with Crippen molar-refractivity contribution in [1.29, 1.82) is 0 Å². The molecule has 2 aromatic rings. The van der Waals surface area contributed by atoms with E-state index in [4.69, 9.17) is 16.7 Å². The number of aliphatic hydroxyl groups excluding tert-OH is 1. The Morgan fingerprint density at radius 3 is 2.58 bits per heavy atom. The van der Waals surface area contributed by atoms with Crippen LogP contribution in [0.4, 0.5) is 22.0 Å². The van der Waals surface area contributed by atoms with Crippen molar-refractivity contribution in [1.82, 2.24) is 19.5 Å². The van der Waals surface area contributed by atoms with Gasteiger partial charge in [0.15, 0.2) is 5.69 Å². The smallest absolute Gasteiger partial charge is 0.389 e. The molecule has 0 radical (unpaired) electrons. The summed E-state index contributed by atoms with van der Waals surface area (Å²) in [7, 11) is 0. The summed E-state index contributed by atoms with van der Waals surface area (Å²) in [4.78, 5) is 16.8. The Bertz CT molecular complexity index is 831. The van der Waals surface area contributed by atoms with E-state index in [9.17, 15) is 26.7 Å². The van der Waals surface area contributed by atoms with Crippen LogP contribution in [-0.2, 0) is 24.1 Å². The second kappa shape index (κ2) is 6.57. The van der Waals surface area contributed by atoms with Gasteiger partial charge in [-0.05, 0) is 17.5 Å². The molecular formula is C13H12ClF5N4O2S. The van der Waals surface area contributed by atoms with Gasteiger partial charge < -0.3 is 10.0 Å². The van der Waals surface area contributed by atoms with Gasteiger partial charge in [-0.25, -0.2) is 4.98 Å². The predicted octanol–water partition coefficient (Wildman–Crippen LogP) is 2.87. The van der Waals surface area contributed by atoms with E-state index in [2.05, 4.69) is 10.1 Å². The average Bonchev–Trinajstić information content (AvgIpc) is 3.08. The molecule has 1 N–H and O–H groups in total. The quantitative estimate of drug-likeness (QED) is 0.599. The van der Waals surface area contributed by atoms with Gasteiger partial charge in [0.1, 0.15) is 5.01 Å². The Morgan fingerprint density at radius 2 is 2.00 bits per heavy atom. The zero-order valence-electron chi connectivity index (χ0n) is 12.9. The van der Waals surface area contributed by atoms with Crippen LogP contribution in [0.25, 0.3) is 4.96 Å². The minimum atomic E-state index is -4.79. The summed E-state index contributed by atoms with van der Waals surface area (Å²) in [5, 5.41) is 9.25. The molecule has 0 aromatic carbocycles. The highest BCUT2D eigenvalue weighted by atomic mass is 35.5. The number of fused-ring (bicyclic) bond motifs is 1. The topological polar surface area (TPSA) is 70.7 Å². The third-order valence-corrected chi connectivity index (χ3v) is 4.92. The number of hydrogen-bond donors (Lipinski definition) is 1. The van der Waals surface area contributed by atoms with E-state index < -0.39 is 54.3 Å². The molecule has 0 spiro atoms. The molecule has 3 heterocycles. The van der Waals surface area contributed by atoms with Crippen LogP contribution >= 0.6 is 22.9 Å². The number of carbonyl (C=O) groups is 1. The van der Waals surface area contributed by atoms with Crippen molar-refractivity contribution < 1.29 is 31.9 Å². The minimum absolute atomic E-state index is 0.0613. The first-order valence-corrected chi connectivity index (χ1v) is 8.57. The first-order chi connectivity index (χ1) is 12.0. The molecule has 1 fully saturated rings. The van der Waals surface area contributed by atoms with Crippen LogP contribution in [0.2, 0.25) is 0 Å². The number of halogens is 6. The Hall–Kier alpha value is -1.53. The second-order valence-corrected chi connectivity index (χ2v) is 7.51. The highest BCUT2D eigenvalue weighted by molar-refractivity contribution is 7.16. The average molecular weight is 419 g/mol. The van der Waals surface area contributed by atoms with E-state index in [-0.39, 0.29) is 22.9 Å². The molecule has 0 aliphatic carbocycles. The van der Waals surface area contributed by atoms with Gasteiger partial charge in [-0.1, -0.05) is 11.3 Å². The summed E-state index contributed by atoms with van der Waals surface area (Å²) in [5.74, 6) is -1.28. The highest BCUT2D eigenvalue weighted by Gasteiger charge is 2.42. The normalized spacial score (nSPS) is 19.1. The number of rotatable bonds is 5. The van der Waals surface area contributed by atoms with Gasteiger partial charge in [-0.15, -0.1) is 0 Å². The molecule has 144 valence electrons. The van der Waals surface area contributed by atoms with Crippen molar-refractivity contribution in [3.8, 4) is 0 Å². The van der Waals surface area contributed by atoms with E-state index in [0.717, 1.165) is 16.2 Å². The number of imidazole rings is 1. The monoisotopic (exact) mass is 418 g/mol. The summed E-state index contributed by atoms with van der Waals surface area (Å²) in [6, 6.07) is 0. The van der Waals surface area contributed by atoms with Gasteiger partial charge in [0.2, 0.25) is 10.9 Å². The summed E-state index contributed by atoms with van der Waals surface area (Å²) < 4.78 is 66.6. The molecule has 6 nitrogen and oxygen atoms in total. The van der Waals surface area contributed by atoms with Gasteiger partial charge in [0.05, 0.1) is 18.8 Å². The number of nitrogens with zero attached hydrogens (tertiary/aromatic N) is 4. The van der Waals surface area contributed by atoms with Crippen molar-refractivity contribution in [3.63, 3.8) is 0 Å². The van der Waals surface area contributed by atoms with Crippen molar-refractivity contribution in [2.45, 2.75) is 37.6 Å². The zero-order valence-corrected chi connectivity index (χ0v) is 14.5. The van der Waals surface area contributed by atoms with Gasteiger partial charge in [0.25, 0.3) is 0 Å². The lowest BCUT2D eigenvalue weighted by Crippen LogP contribution is -2.27. The third kappa shape index (κ3) is 3.91. The number of alkyl halides is 6. The maximum absolute atomic E-state index is 13.4. The fraction of sp³-hybridized carbons (Fsp3) is 0.615. The number of aliphatic hydroxyl groups is 1. The van der Waals surface area contributed by atoms with Crippen LogP contribution in [0.15, 0.2) is 0 Å². The SMILES string of the molecule is O=C1C[C@@H](CC(F)(F)Cl)CN1Cc1nc2sc(CO)nn2c1C(F)(F)F. The van der Waals surface area contributed by atoms with Crippen LogP contribution < -0.4 is 0 Å². The van der Waals surface area contributed by atoms with E-state index in [1.54, 1.807) is 0 Å². The number of likely N-dealkylation sites (tertiary alicyclic amines) is 1. The Labute approximate surface area is 152 Å². The van der Waals surface area contributed by atoms with E-state index >= 15 is 0 Å². The number of carbonyl (C=O) groups excluding carboxylic acids is 1. The molecule has 0 saturated carbocycles. The first kappa shape index (κ1) is 19.2. The molecule has 0 bridgehead atoms. The Morgan fingerprint density at radius 1 is 1.31 bits per heavy atom. The predicted molar refractivity (Wildman–Crippen MR) is 80.7 cm³/mol. The van der Waals surface area contributed by atoms with E-state index in [0.29, 0.717) is 4.52 Å². The lowest BCUT2D eigenvalue weighted by atomic mass is 10.1. The van der Waals surface area contributed by atoms with E-state index in [1.807, 2.05) is 0 Å². The van der Waals surface area contributed by atoms with Gasteiger partial charge >= 0.3 is 11.6 Å². The summed E-state index contributed by atoms with van der Waals surface area (Å²) in [6.45, 7) is -1.12. The van der Waals surface area contributed by atoms with Crippen molar-refractivity contribution in [3.05, 3.63) is 16.4 Å². The molecule has 1 aliphatic rings. The zero-order chi connectivity index (χ0) is 19.3. The molecule has 1 aliphatic heterocycles. The second-order valence-electron chi connectivity index (χ2n) is 5.92. The molecule has 0 unspecified atom stereocenters. The van der Waals surface area contributed by atoms with Crippen LogP contribution in [0.3, 0.4) is 0 Å². The first-order valence-electron chi connectivity index (χ1n) is 7.38. The Balaban J connectivity index is 1.87. The molecule has 1 atom stereocenters. The molecule has 26 heavy (non-hydrogen) atoms. The van der Waals surface area contributed by atoms with Gasteiger partial charge in [0, 0.05) is 19.4 Å². The maximum Gasteiger partial charge on any atom is 0.435 e. The van der Waals surface area contributed by atoms with Gasteiger partial charge in [-0.3, -0.25) is 4.79 Å². The molecule has 3 rings (SSSR count). The lowest BCUT2D eigenvalue weighted by molar-refractivity contribution is -0.144. The number of amides is 1. The fourth-order valence-electron chi connectivity index (χ4n) is 2.94. The van der Waals surface area contributed by atoms with Crippen LogP contribution in [0.1, 0.15) is 29.2 Å². The largest absolute Gasteiger partial charge is 0.435 e. The number of hydrogen-bond acceptors (Lipinski definition) is 5. The Kier molecular flexibility index (Phi) is 4.86. The van der Waals surface area contributed by atoms with Crippen molar-refractivity contribution >= 4 is 33.8 Å². The molecule has 1 saturated heterocycles. The summed E-state index contributed by atoms with van der Waals surface area (Å²) >= 11 is 5.65. The summed E-state index contributed by atoms with van der Waals surface area (Å²) in [6.07, 6.45) is -5.73. The maximum atomic E-state index is 13.4. The third-order valence-electron chi connectivity index (χ3n) is 3.88. The van der Waals surface area contributed by atoms with Crippen LogP contribution in [0.5, 0.6) is 0 Å². The summed E-state index contributed by atoms with van der Waals surface area (Å²) in [5.41, 5.74) is -1.57. The lowest BCUT2D eigenvalue weighted by Gasteiger charge is -2.17. The van der Waals surface area contributed by atoms with Crippen LogP contribution in [0, 0.1) is 5.92 Å².